The topological polar surface area (TPSA) is 65.0 Å². The SMILES string of the molecule is CCOOCC(=O)OO. The molecule has 0 bridgehead atoms. The van der Waals surface area contributed by atoms with Gasteiger partial charge in [-0.2, -0.15) is 5.26 Å². The van der Waals surface area contributed by atoms with E-state index in [0.29, 0.717) is 6.61 Å². The summed E-state index contributed by atoms with van der Waals surface area (Å²) >= 11 is 0. The zero-order valence-corrected chi connectivity index (χ0v) is 4.99. The summed E-state index contributed by atoms with van der Waals surface area (Å²) in [5, 5.41) is 7.65. The van der Waals surface area contributed by atoms with Crippen molar-refractivity contribution in [3.8, 4) is 0 Å². The lowest BCUT2D eigenvalue weighted by atomic mass is 10.8. The first-order valence-electron chi connectivity index (χ1n) is 2.40. The molecule has 0 aliphatic carbocycles. The third kappa shape index (κ3) is 5.22. The summed E-state index contributed by atoms with van der Waals surface area (Å²) < 4.78 is 0. The highest BCUT2D eigenvalue weighted by Crippen LogP contribution is 1.78. The van der Waals surface area contributed by atoms with Crippen molar-refractivity contribution < 1.29 is 24.7 Å². The van der Waals surface area contributed by atoms with E-state index < -0.39 is 12.6 Å². The molecule has 0 aliphatic rings. The fourth-order valence-electron chi connectivity index (χ4n) is 0.199. The Morgan fingerprint density at radius 2 is 2.22 bits per heavy atom. The van der Waals surface area contributed by atoms with Crippen LogP contribution < -0.4 is 0 Å². The van der Waals surface area contributed by atoms with E-state index in [1.807, 2.05) is 0 Å². The van der Waals surface area contributed by atoms with Crippen LogP contribution in [0, 0.1) is 0 Å². The van der Waals surface area contributed by atoms with E-state index in [2.05, 4.69) is 14.7 Å². The maximum Gasteiger partial charge on any atom is 0.370 e. The van der Waals surface area contributed by atoms with Crippen molar-refractivity contribution in [2.75, 3.05) is 13.2 Å². The number of carbonyl (C=O) groups excluding carboxylic acids is 1. The minimum absolute atomic E-state index is 0.346. The Hall–Kier alpha value is -0.650. The molecule has 0 radical (unpaired) electrons. The van der Waals surface area contributed by atoms with Crippen LogP contribution in [0.1, 0.15) is 6.92 Å². The molecule has 0 saturated carbocycles. The summed E-state index contributed by atoms with van der Waals surface area (Å²) in [7, 11) is 0. The molecule has 0 aromatic carbocycles. The Kier molecular flexibility index (Phi) is 5.09. The molecule has 1 N–H and O–H groups in total. The number of carbonyl (C=O) groups is 1. The molecule has 0 rings (SSSR count). The number of rotatable bonds is 4. The predicted molar refractivity (Wildman–Crippen MR) is 26.3 cm³/mol. The van der Waals surface area contributed by atoms with E-state index >= 15 is 0 Å². The van der Waals surface area contributed by atoms with Gasteiger partial charge >= 0.3 is 5.97 Å². The van der Waals surface area contributed by atoms with Gasteiger partial charge in [0.25, 0.3) is 0 Å². The highest BCUT2D eigenvalue weighted by atomic mass is 17.2. The number of hydrogen-bond acceptors (Lipinski definition) is 5. The average Bonchev–Trinajstić information content (AvgIpc) is 1.89. The Bertz CT molecular complexity index is 81.0. The summed E-state index contributed by atoms with van der Waals surface area (Å²) in [4.78, 5) is 21.8. The molecule has 54 valence electrons. The molecule has 0 fully saturated rings. The van der Waals surface area contributed by atoms with Crippen LogP contribution in [0.3, 0.4) is 0 Å². The van der Waals surface area contributed by atoms with Crippen LogP contribution in [0.25, 0.3) is 0 Å². The van der Waals surface area contributed by atoms with Crippen LogP contribution in [-0.2, 0) is 19.5 Å². The van der Waals surface area contributed by atoms with E-state index in [-0.39, 0.29) is 0 Å². The van der Waals surface area contributed by atoms with Crippen molar-refractivity contribution in [3.05, 3.63) is 0 Å². The van der Waals surface area contributed by atoms with Crippen molar-refractivity contribution >= 4 is 5.97 Å². The smallest absolute Gasteiger partial charge is 0.298 e. The lowest BCUT2D eigenvalue weighted by Crippen LogP contribution is -2.10. The standard InChI is InChI=1S/C4H8O5/c1-2-7-8-3-4(5)9-6/h6H,2-3H2,1H3. The Balaban J connectivity index is 2.97. The van der Waals surface area contributed by atoms with Crippen LogP contribution in [0.15, 0.2) is 0 Å². The van der Waals surface area contributed by atoms with Gasteiger partial charge in [-0.1, -0.05) is 0 Å². The third-order valence-corrected chi connectivity index (χ3v) is 0.480. The van der Waals surface area contributed by atoms with Gasteiger partial charge in [-0.05, 0) is 6.92 Å². The van der Waals surface area contributed by atoms with Crippen LogP contribution in [0.5, 0.6) is 0 Å². The molecule has 0 aromatic rings. The van der Waals surface area contributed by atoms with E-state index in [9.17, 15) is 4.79 Å². The quantitative estimate of drug-likeness (QED) is 0.334. The summed E-state index contributed by atoms with van der Waals surface area (Å²) in [6, 6.07) is 0. The van der Waals surface area contributed by atoms with Crippen LogP contribution in [0.2, 0.25) is 0 Å². The van der Waals surface area contributed by atoms with Gasteiger partial charge in [0.15, 0.2) is 6.61 Å². The molecule has 0 spiro atoms. The van der Waals surface area contributed by atoms with E-state index in [4.69, 9.17) is 5.26 Å². The average molecular weight is 136 g/mol. The molecular weight excluding hydrogens is 128 g/mol. The maximum absolute atomic E-state index is 10.0. The largest absolute Gasteiger partial charge is 0.370 e. The van der Waals surface area contributed by atoms with Gasteiger partial charge in [0.05, 0.1) is 6.61 Å². The second kappa shape index (κ2) is 5.49. The van der Waals surface area contributed by atoms with Crippen molar-refractivity contribution in [2.24, 2.45) is 0 Å². The van der Waals surface area contributed by atoms with Crippen molar-refractivity contribution in [2.45, 2.75) is 6.92 Å². The molecular formula is C4H8O5. The van der Waals surface area contributed by atoms with Gasteiger partial charge in [0.1, 0.15) is 0 Å². The third-order valence-electron chi connectivity index (χ3n) is 0.480. The Morgan fingerprint density at radius 1 is 1.56 bits per heavy atom. The fraction of sp³-hybridized carbons (Fsp3) is 0.750. The molecule has 0 saturated heterocycles. The van der Waals surface area contributed by atoms with Crippen LogP contribution >= 0.6 is 0 Å². The van der Waals surface area contributed by atoms with E-state index in [1.54, 1.807) is 6.92 Å². The second-order valence-electron chi connectivity index (χ2n) is 1.13. The minimum atomic E-state index is -0.886. The Morgan fingerprint density at radius 3 is 2.67 bits per heavy atom. The van der Waals surface area contributed by atoms with Crippen LogP contribution in [0.4, 0.5) is 0 Å². The van der Waals surface area contributed by atoms with E-state index in [0.717, 1.165) is 0 Å². The number of hydrogen-bond donors (Lipinski definition) is 1. The van der Waals surface area contributed by atoms with Gasteiger partial charge in [0.2, 0.25) is 0 Å². The summed E-state index contributed by atoms with van der Waals surface area (Å²) in [6.07, 6.45) is 0. The molecule has 0 aromatic heterocycles. The zero-order chi connectivity index (χ0) is 7.11. The lowest BCUT2D eigenvalue weighted by molar-refractivity contribution is -0.303. The molecule has 0 unspecified atom stereocenters. The van der Waals surface area contributed by atoms with Crippen LogP contribution in [-0.4, -0.2) is 24.4 Å². The molecule has 0 amide bonds. The highest BCUT2D eigenvalue weighted by molar-refractivity contribution is 5.69. The maximum atomic E-state index is 10.0. The molecule has 0 aliphatic heterocycles. The summed E-state index contributed by atoms with van der Waals surface area (Å²) in [6.45, 7) is 1.65. The van der Waals surface area contributed by atoms with E-state index in [1.165, 1.54) is 0 Å². The fourth-order valence-corrected chi connectivity index (χ4v) is 0.199. The summed E-state index contributed by atoms with van der Waals surface area (Å²) in [5.74, 6) is -0.886. The van der Waals surface area contributed by atoms with Crippen molar-refractivity contribution in [3.63, 3.8) is 0 Å². The highest BCUT2D eigenvalue weighted by Gasteiger charge is 2.00. The van der Waals surface area contributed by atoms with Gasteiger partial charge < -0.3 is 0 Å². The van der Waals surface area contributed by atoms with Gasteiger partial charge in [-0.25, -0.2) is 14.6 Å². The predicted octanol–water partition coefficient (Wildman–Crippen LogP) is -0.0293. The molecule has 5 heteroatoms. The molecule has 5 nitrogen and oxygen atoms in total. The van der Waals surface area contributed by atoms with Gasteiger partial charge in [0, 0.05) is 0 Å². The van der Waals surface area contributed by atoms with Crippen molar-refractivity contribution in [1.82, 2.24) is 0 Å². The second-order valence-corrected chi connectivity index (χ2v) is 1.13. The first kappa shape index (κ1) is 8.35. The minimum Gasteiger partial charge on any atom is -0.298 e. The Labute approximate surface area is 52.0 Å². The monoisotopic (exact) mass is 136 g/mol. The van der Waals surface area contributed by atoms with Gasteiger partial charge in [-0.3, -0.25) is 4.89 Å². The zero-order valence-electron chi connectivity index (χ0n) is 4.99. The lowest BCUT2D eigenvalue weighted by Gasteiger charge is -1.96. The summed E-state index contributed by atoms with van der Waals surface area (Å²) in [5.41, 5.74) is 0. The first-order valence-corrected chi connectivity index (χ1v) is 2.40. The first-order chi connectivity index (χ1) is 4.31. The van der Waals surface area contributed by atoms with Crippen molar-refractivity contribution in [1.29, 1.82) is 0 Å². The van der Waals surface area contributed by atoms with Gasteiger partial charge in [-0.15, -0.1) is 0 Å². The molecule has 0 heterocycles. The molecule has 0 atom stereocenters. The normalized spacial score (nSPS) is 9.11. The molecule has 9 heavy (non-hydrogen) atoms.